The number of alkyl halides is 2. The zero-order valence-electron chi connectivity index (χ0n) is 12.5. The molecule has 1 heterocycles. The molecule has 0 fully saturated rings. The number of hydrogen-bond acceptors (Lipinski definition) is 4. The zero-order valence-corrected chi connectivity index (χ0v) is 12.5. The molecule has 0 spiro atoms. The van der Waals surface area contributed by atoms with Gasteiger partial charge in [-0.15, -0.1) is 0 Å². The van der Waals surface area contributed by atoms with Crippen molar-refractivity contribution in [2.45, 2.75) is 20.1 Å². The number of halogens is 2. The van der Waals surface area contributed by atoms with Crippen LogP contribution in [0.25, 0.3) is 10.9 Å². The second kappa shape index (κ2) is 6.56. The number of ether oxygens (including phenoxy) is 1. The molecule has 1 N–H and O–H groups in total. The van der Waals surface area contributed by atoms with Crippen LogP contribution in [0.4, 0.5) is 14.6 Å². The molecule has 118 valence electrons. The molecule has 0 radical (unpaired) electrons. The minimum Gasteiger partial charge on any atom is -0.435 e. The standard InChI is InChI=1S/C17H15F2N3O/c1-11-5-6-15-14(7-11)16(22-10-21-15)20-9-12-3-2-4-13(8-12)23-17(18)19/h2-8,10,17H,9H2,1H3,(H,20,21,22). The molecule has 0 aliphatic heterocycles. The van der Waals surface area contributed by atoms with Gasteiger partial charge >= 0.3 is 6.61 Å². The summed E-state index contributed by atoms with van der Waals surface area (Å²) in [4.78, 5) is 8.49. The SMILES string of the molecule is Cc1ccc2ncnc(NCc3cccc(OC(F)F)c3)c2c1. The highest BCUT2D eigenvalue weighted by atomic mass is 19.3. The highest BCUT2D eigenvalue weighted by Gasteiger charge is 2.06. The van der Waals surface area contributed by atoms with Gasteiger partial charge in [-0.1, -0.05) is 23.8 Å². The molecule has 0 aliphatic carbocycles. The zero-order chi connectivity index (χ0) is 16.2. The van der Waals surface area contributed by atoms with Crippen molar-refractivity contribution in [3.8, 4) is 5.75 Å². The molecule has 0 atom stereocenters. The Kier molecular flexibility index (Phi) is 4.32. The lowest BCUT2D eigenvalue weighted by Gasteiger charge is -2.10. The molecule has 0 bridgehead atoms. The van der Waals surface area contributed by atoms with Crippen LogP contribution >= 0.6 is 0 Å². The van der Waals surface area contributed by atoms with Crippen LogP contribution in [0, 0.1) is 6.92 Å². The molecule has 1 aromatic heterocycles. The van der Waals surface area contributed by atoms with Gasteiger partial charge in [-0.25, -0.2) is 9.97 Å². The van der Waals surface area contributed by atoms with Gasteiger partial charge in [0, 0.05) is 11.9 Å². The number of aromatic nitrogens is 2. The van der Waals surface area contributed by atoms with E-state index in [2.05, 4.69) is 20.0 Å². The summed E-state index contributed by atoms with van der Waals surface area (Å²) in [6.45, 7) is -0.381. The maximum absolute atomic E-state index is 12.3. The van der Waals surface area contributed by atoms with Crippen LogP contribution in [-0.4, -0.2) is 16.6 Å². The Bertz CT molecular complexity index is 824. The van der Waals surface area contributed by atoms with Crippen LogP contribution in [-0.2, 0) is 6.54 Å². The van der Waals surface area contributed by atoms with Gasteiger partial charge in [-0.3, -0.25) is 0 Å². The van der Waals surface area contributed by atoms with E-state index in [0.717, 1.165) is 22.0 Å². The lowest BCUT2D eigenvalue weighted by atomic mass is 10.1. The van der Waals surface area contributed by atoms with Crippen LogP contribution in [0.3, 0.4) is 0 Å². The topological polar surface area (TPSA) is 47.0 Å². The van der Waals surface area contributed by atoms with Gasteiger partial charge in [0.25, 0.3) is 0 Å². The van der Waals surface area contributed by atoms with E-state index in [1.165, 1.54) is 12.4 Å². The molecule has 3 rings (SSSR count). The fraction of sp³-hybridized carbons (Fsp3) is 0.176. The second-order valence-electron chi connectivity index (χ2n) is 5.12. The molecule has 23 heavy (non-hydrogen) atoms. The van der Waals surface area contributed by atoms with Gasteiger partial charge < -0.3 is 10.1 Å². The van der Waals surface area contributed by atoms with Crippen LogP contribution < -0.4 is 10.1 Å². The predicted molar refractivity (Wildman–Crippen MR) is 84.7 cm³/mol. The Labute approximate surface area is 132 Å². The average Bonchev–Trinajstić information content (AvgIpc) is 2.52. The summed E-state index contributed by atoms with van der Waals surface area (Å²) in [6, 6.07) is 12.5. The number of anilines is 1. The molecule has 0 unspecified atom stereocenters. The van der Waals surface area contributed by atoms with E-state index in [1.54, 1.807) is 12.1 Å². The number of nitrogens with zero attached hydrogens (tertiary/aromatic N) is 2. The van der Waals surface area contributed by atoms with E-state index < -0.39 is 6.61 Å². The fourth-order valence-electron chi connectivity index (χ4n) is 2.33. The normalized spacial score (nSPS) is 11.0. The van der Waals surface area contributed by atoms with Crippen molar-refractivity contribution in [1.82, 2.24) is 9.97 Å². The van der Waals surface area contributed by atoms with E-state index in [0.29, 0.717) is 12.4 Å². The summed E-state index contributed by atoms with van der Waals surface area (Å²) in [6.07, 6.45) is 1.50. The van der Waals surface area contributed by atoms with E-state index in [1.807, 2.05) is 31.2 Å². The molecular weight excluding hydrogens is 300 g/mol. The van der Waals surface area contributed by atoms with Crippen LogP contribution in [0.5, 0.6) is 5.75 Å². The van der Waals surface area contributed by atoms with Crippen molar-refractivity contribution in [1.29, 1.82) is 0 Å². The molecule has 3 aromatic rings. The van der Waals surface area contributed by atoms with Crippen molar-refractivity contribution >= 4 is 16.7 Å². The third-order valence-corrected chi connectivity index (χ3v) is 3.37. The summed E-state index contributed by atoms with van der Waals surface area (Å²) in [5.41, 5.74) is 2.79. The number of rotatable bonds is 5. The van der Waals surface area contributed by atoms with Gasteiger partial charge in [-0.2, -0.15) is 8.78 Å². The fourth-order valence-corrected chi connectivity index (χ4v) is 2.33. The maximum Gasteiger partial charge on any atom is 0.387 e. The van der Waals surface area contributed by atoms with Gasteiger partial charge in [0.1, 0.15) is 17.9 Å². The molecule has 0 saturated carbocycles. The highest BCUT2D eigenvalue weighted by Crippen LogP contribution is 2.22. The molecule has 6 heteroatoms. The summed E-state index contributed by atoms with van der Waals surface area (Å²) in [5.74, 6) is 0.849. The quantitative estimate of drug-likeness (QED) is 0.768. The van der Waals surface area contributed by atoms with Crippen molar-refractivity contribution < 1.29 is 13.5 Å². The maximum atomic E-state index is 12.3. The number of aryl methyl sites for hydroxylation is 1. The minimum atomic E-state index is -2.83. The second-order valence-corrected chi connectivity index (χ2v) is 5.12. The first kappa shape index (κ1) is 15.1. The molecule has 0 aliphatic rings. The summed E-state index contributed by atoms with van der Waals surface area (Å²) < 4.78 is 28.9. The van der Waals surface area contributed by atoms with E-state index in [4.69, 9.17) is 0 Å². The first-order chi connectivity index (χ1) is 11.1. The van der Waals surface area contributed by atoms with Crippen LogP contribution in [0.15, 0.2) is 48.8 Å². The Hall–Kier alpha value is -2.76. The van der Waals surface area contributed by atoms with Gasteiger partial charge in [0.05, 0.1) is 5.52 Å². The van der Waals surface area contributed by atoms with Crippen LogP contribution in [0.2, 0.25) is 0 Å². The minimum absolute atomic E-state index is 0.141. The number of benzene rings is 2. The van der Waals surface area contributed by atoms with Gasteiger partial charge in [0.2, 0.25) is 0 Å². The Balaban J connectivity index is 1.80. The lowest BCUT2D eigenvalue weighted by molar-refractivity contribution is -0.0498. The van der Waals surface area contributed by atoms with E-state index in [-0.39, 0.29) is 5.75 Å². The van der Waals surface area contributed by atoms with E-state index in [9.17, 15) is 8.78 Å². The number of nitrogens with one attached hydrogen (secondary N) is 1. The highest BCUT2D eigenvalue weighted by molar-refractivity contribution is 5.89. The van der Waals surface area contributed by atoms with E-state index >= 15 is 0 Å². The Morgan fingerprint density at radius 3 is 2.83 bits per heavy atom. The van der Waals surface area contributed by atoms with Crippen molar-refractivity contribution in [3.05, 3.63) is 59.9 Å². The van der Waals surface area contributed by atoms with Crippen molar-refractivity contribution in [2.75, 3.05) is 5.32 Å². The molecule has 0 amide bonds. The number of hydrogen-bond donors (Lipinski definition) is 1. The molecule has 4 nitrogen and oxygen atoms in total. The average molecular weight is 315 g/mol. The summed E-state index contributed by atoms with van der Waals surface area (Å²) in [5, 5.41) is 4.14. The predicted octanol–water partition coefficient (Wildman–Crippen LogP) is 4.15. The summed E-state index contributed by atoms with van der Waals surface area (Å²) >= 11 is 0. The Morgan fingerprint density at radius 2 is 2.00 bits per heavy atom. The van der Waals surface area contributed by atoms with Crippen molar-refractivity contribution in [2.24, 2.45) is 0 Å². The monoisotopic (exact) mass is 315 g/mol. The summed E-state index contributed by atoms with van der Waals surface area (Å²) in [7, 11) is 0. The largest absolute Gasteiger partial charge is 0.435 e. The molecule has 0 saturated heterocycles. The Morgan fingerprint density at radius 1 is 1.13 bits per heavy atom. The first-order valence-electron chi connectivity index (χ1n) is 7.11. The molecule has 2 aromatic carbocycles. The molecular formula is C17H15F2N3O. The van der Waals surface area contributed by atoms with Gasteiger partial charge in [-0.05, 0) is 36.8 Å². The van der Waals surface area contributed by atoms with Crippen molar-refractivity contribution in [3.63, 3.8) is 0 Å². The number of fused-ring (bicyclic) bond motifs is 1. The van der Waals surface area contributed by atoms with Crippen LogP contribution in [0.1, 0.15) is 11.1 Å². The third kappa shape index (κ3) is 3.71. The third-order valence-electron chi connectivity index (χ3n) is 3.37. The lowest BCUT2D eigenvalue weighted by Crippen LogP contribution is -2.05. The smallest absolute Gasteiger partial charge is 0.387 e. The first-order valence-corrected chi connectivity index (χ1v) is 7.11. The van der Waals surface area contributed by atoms with Gasteiger partial charge in [0.15, 0.2) is 0 Å².